The van der Waals surface area contributed by atoms with Crippen LogP contribution in [-0.2, 0) is 19.3 Å². The Hall–Kier alpha value is -4.15. The fourth-order valence-corrected chi connectivity index (χ4v) is 4.90. The van der Waals surface area contributed by atoms with Crippen LogP contribution in [-0.4, -0.2) is 20.3 Å². The molecule has 1 amide bonds. The number of nitrogens with one attached hydrogen (secondary N) is 2. The first-order valence-corrected chi connectivity index (χ1v) is 13.0. The molecular weight excluding hydrogens is 526 g/mol. The van der Waals surface area contributed by atoms with Gasteiger partial charge in [0.25, 0.3) is 11.6 Å². The third-order valence-corrected chi connectivity index (χ3v) is 7.09. The predicted octanol–water partition coefficient (Wildman–Crippen LogP) is 6.33. The summed E-state index contributed by atoms with van der Waals surface area (Å²) in [5.41, 5.74) is 1.80. The van der Waals surface area contributed by atoms with E-state index in [0.717, 1.165) is 24.0 Å². The third-order valence-electron chi connectivity index (χ3n) is 7.09. The number of nitrogens with zero attached hydrogens (tertiary/aromatic N) is 3. The van der Waals surface area contributed by atoms with Crippen molar-refractivity contribution in [3.05, 3.63) is 94.0 Å². The molecule has 0 unspecified atom stereocenters. The van der Waals surface area contributed by atoms with Crippen LogP contribution in [0, 0.1) is 18.2 Å². The SMILES string of the molecule is Cc1c(F)ccc(CNC(=O)c2cc(Cn3ccoc3=N)cc(-c3cn(C(C)C)nc3C(F)(F)F)c2)c1C1CC1. The average molecular weight is 556 g/mol. The minimum Gasteiger partial charge on any atom is -0.432 e. The van der Waals surface area contributed by atoms with Crippen LogP contribution >= 0.6 is 0 Å². The molecule has 0 saturated heterocycles. The lowest BCUT2D eigenvalue weighted by Crippen LogP contribution is -2.24. The summed E-state index contributed by atoms with van der Waals surface area (Å²) in [7, 11) is 0. The second-order valence-corrected chi connectivity index (χ2v) is 10.4. The van der Waals surface area contributed by atoms with Gasteiger partial charge in [-0.3, -0.25) is 19.5 Å². The summed E-state index contributed by atoms with van der Waals surface area (Å²) in [4.78, 5) is 13.4. The van der Waals surface area contributed by atoms with Gasteiger partial charge in [-0.05, 0) is 91.6 Å². The maximum atomic E-state index is 14.2. The van der Waals surface area contributed by atoms with E-state index in [2.05, 4.69) is 10.4 Å². The van der Waals surface area contributed by atoms with Crippen LogP contribution in [0.1, 0.15) is 77.0 Å². The molecule has 2 aromatic heterocycles. The maximum absolute atomic E-state index is 14.2. The van der Waals surface area contributed by atoms with E-state index in [0.29, 0.717) is 11.1 Å². The van der Waals surface area contributed by atoms with E-state index in [4.69, 9.17) is 9.83 Å². The van der Waals surface area contributed by atoms with Crippen molar-refractivity contribution < 1.29 is 26.8 Å². The van der Waals surface area contributed by atoms with E-state index >= 15 is 0 Å². The number of carbonyl (C=O) groups excluding carboxylic acids is 1. The van der Waals surface area contributed by atoms with Crippen molar-refractivity contribution in [3.8, 4) is 11.1 Å². The minimum absolute atomic E-state index is 0.103. The Bertz CT molecular complexity index is 1630. The highest BCUT2D eigenvalue weighted by atomic mass is 19.4. The zero-order valence-corrected chi connectivity index (χ0v) is 22.3. The molecule has 1 saturated carbocycles. The summed E-state index contributed by atoms with van der Waals surface area (Å²) in [5, 5.41) is 14.6. The van der Waals surface area contributed by atoms with Gasteiger partial charge < -0.3 is 9.73 Å². The van der Waals surface area contributed by atoms with E-state index in [1.807, 2.05) is 0 Å². The predicted molar refractivity (Wildman–Crippen MR) is 139 cm³/mol. The van der Waals surface area contributed by atoms with E-state index in [1.165, 1.54) is 40.0 Å². The van der Waals surface area contributed by atoms with E-state index < -0.39 is 17.8 Å². The van der Waals surface area contributed by atoms with E-state index in [1.54, 1.807) is 39.0 Å². The fourth-order valence-electron chi connectivity index (χ4n) is 4.90. The molecule has 0 spiro atoms. The molecular formula is C29H29F4N5O2. The summed E-state index contributed by atoms with van der Waals surface area (Å²) >= 11 is 0. The lowest BCUT2D eigenvalue weighted by Gasteiger charge is -2.15. The molecule has 1 fully saturated rings. The number of carbonyl (C=O) groups is 1. The topological polar surface area (TPSA) is 88.8 Å². The fraction of sp³-hybridized carbons (Fsp3) is 0.345. The van der Waals surface area contributed by atoms with Crippen molar-refractivity contribution in [1.29, 1.82) is 5.41 Å². The highest BCUT2D eigenvalue weighted by molar-refractivity contribution is 5.95. The van der Waals surface area contributed by atoms with Gasteiger partial charge in [0.05, 0.1) is 6.54 Å². The first kappa shape index (κ1) is 27.4. The first-order chi connectivity index (χ1) is 18.9. The Morgan fingerprint density at radius 2 is 1.98 bits per heavy atom. The maximum Gasteiger partial charge on any atom is 0.435 e. The zero-order valence-electron chi connectivity index (χ0n) is 22.3. The second-order valence-electron chi connectivity index (χ2n) is 10.4. The van der Waals surface area contributed by atoms with Crippen molar-refractivity contribution in [2.24, 2.45) is 0 Å². The monoisotopic (exact) mass is 555 g/mol. The number of oxazole rings is 1. The molecule has 5 rings (SSSR count). The lowest BCUT2D eigenvalue weighted by molar-refractivity contribution is -0.141. The van der Waals surface area contributed by atoms with Crippen molar-refractivity contribution in [3.63, 3.8) is 0 Å². The Morgan fingerprint density at radius 3 is 2.60 bits per heavy atom. The third kappa shape index (κ3) is 5.59. The Balaban J connectivity index is 1.53. The van der Waals surface area contributed by atoms with Crippen LogP contribution in [0.3, 0.4) is 0 Å². The lowest BCUT2D eigenvalue weighted by atomic mass is 9.96. The normalized spacial score (nSPS) is 13.7. The number of aromatic nitrogens is 3. The Morgan fingerprint density at radius 1 is 1.23 bits per heavy atom. The standard InChI is InChI=1S/C29H29F4N5O2/c1-16(2)38-15-23(26(36-38)29(31,32)33)21-10-18(14-37-8-9-40-28(37)34)11-22(12-21)27(39)35-13-20-6-7-24(30)17(3)25(20)19-4-5-19/h6-12,15-16,19,34H,4-5,13-14H2,1-3H3,(H,35,39). The van der Waals surface area contributed by atoms with Gasteiger partial charge in [-0.2, -0.15) is 18.3 Å². The van der Waals surface area contributed by atoms with E-state index in [-0.39, 0.29) is 53.2 Å². The number of rotatable bonds is 8. The smallest absolute Gasteiger partial charge is 0.432 e. The van der Waals surface area contributed by atoms with Crippen molar-refractivity contribution in [2.45, 2.75) is 64.8 Å². The quantitative estimate of drug-likeness (QED) is 0.249. The van der Waals surface area contributed by atoms with Crippen molar-refractivity contribution in [1.82, 2.24) is 19.7 Å². The summed E-state index contributed by atoms with van der Waals surface area (Å²) in [6.45, 7) is 5.44. The number of hydrogen-bond acceptors (Lipinski definition) is 4. The largest absolute Gasteiger partial charge is 0.435 e. The first-order valence-electron chi connectivity index (χ1n) is 13.0. The molecule has 0 radical (unpaired) electrons. The van der Waals surface area contributed by atoms with Crippen LogP contribution in [0.25, 0.3) is 11.1 Å². The average Bonchev–Trinajstić information content (AvgIpc) is 3.47. The van der Waals surface area contributed by atoms with Crippen LogP contribution in [0.2, 0.25) is 0 Å². The molecule has 1 aliphatic carbocycles. The minimum atomic E-state index is -4.71. The Kier molecular flexibility index (Phi) is 7.16. The Labute approximate surface area is 228 Å². The van der Waals surface area contributed by atoms with Gasteiger partial charge in [0, 0.05) is 36.1 Å². The second kappa shape index (κ2) is 10.4. The number of benzene rings is 2. The molecule has 1 aliphatic rings. The van der Waals surface area contributed by atoms with Crippen LogP contribution in [0.15, 0.2) is 53.4 Å². The van der Waals surface area contributed by atoms with Crippen molar-refractivity contribution in [2.75, 3.05) is 0 Å². The molecule has 2 N–H and O–H groups in total. The summed E-state index contributed by atoms with van der Waals surface area (Å²) in [6, 6.07) is 7.28. The zero-order chi connectivity index (χ0) is 28.8. The van der Waals surface area contributed by atoms with Gasteiger partial charge in [0.2, 0.25) is 0 Å². The molecule has 0 atom stereocenters. The van der Waals surface area contributed by atoms with Gasteiger partial charge in [-0.15, -0.1) is 0 Å². The van der Waals surface area contributed by atoms with Gasteiger partial charge in [-0.1, -0.05) is 6.07 Å². The molecule has 0 aliphatic heterocycles. The summed E-state index contributed by atoms with van der Waals surface area (Å²) in [5.74, 6) is -0.510. The summed E-state index contributed by atoms with van der Waals surface area (Å²) in [6.07, 6.45) is 1.41. The van der Waals surface area contributed by atoms with Crippen LogP contribution < -0.4 is 11.0 Å². The van der Waals surface area contributed by atoms with Gasteiger partial charge in [0.15, 0.2) is 5.69 Å². The van der Waals surface area contributed by atoms with Gasteiger partial charge in [-0.25, -0.2) is 4.39 Å². The number of halogens is 4. The molecule has 210 valence electrons. The molecule has 2 heterocycles. The highest BCUT2D eigenvalue weighted by Gasteiger charge is 2.38. The number of amides is 1. The van der Waals surface area contributed by atoms with Gasteiger partial charge >= 0.3 is 6.18 Å². The molecule has 7 nitrogen and oxygen atoms in total. The molecule has 40 heavy (non-hydrogen) atoms. The highest BCUT2D eigenvalue weighted by Crippen LogP contribution is 2.44. The van der Waals surface area contributed by atoms with Gasteiger partial charge in [0.1, 0.15) is 12.1 Å². The summed E-state index contributed by atoms with van der Waals surface area (Å²) < 4.78 is 63.9. The molecule has 4 aromatic rings. The molecule has 2 aromatic carbocycles. The van der Waals surface area contributed by atoms with Crippen molar-refractivity contribution >= 4 is 5.91 Å². The van der Waals surface area contributed by atoms with Crippen LogP contribution in [0.5, 0.6) is 0 Å². The molecule has 0 bridgehead atoms. The van der Waals surface area contributed by atoms with Crippen LogP contribution in [0.4, 0.5) is 17.6 Å². The number of hydrogen-bond donors (Lipinski definition) is 2. The number of alkyl halides is 3. The molecule has 11 heteroatoms. The van der Waals surface area contributed by atoms with E-state index in [9.17, 15) is 22.4 Å².